The van der Waals surface area contributed by atoms with Gasteiger partial charge in [0.05, 0.1) is 17.8 Å². The molecule has 0 radical (unpaired) electrons. The maximum absolute atomic E-state index is 13.3. The molecule has 150 valence electrons. The summed E-state index contributed by atoms with van der Waals surface area (Å²) in [6, 6.07) is 15.0. The molecular formula is C22H18N4O3S. The first kappa shape index (κ1) is 19.4. The van der Waals surface area contributed by atoms with E-state index in [4.69, 9.17) is 5.73 Å². The van der Waals surface area contributed by atoms with Gasteiger partial charge < -0.3 is 20.8 Å². The molecule has 0 aliphatic heterocycles. The molecule has 0 unspecified atom stereocenters. The summed E-state index contributed by atoms with van der Waals surface area (Å²) in [4.78, 5) is 22.9. The van der Waals surface area contributed by atoms with E-state index in [0.717, 1.165) is 17.2 Å². The molecule has 0 atom stereocenters. The number of phenolic OH excluding ortho intramolecular Hbond substituents is 2. The largest absolute Gasteiger partial charge is 0.508 e. The zero-order valence-electron chi connectivity index (χ0n) is 15.8. The Labute approximate surface area is 176 Å². The molecule has 1 amide bonds. The molecule has 0 bridgehead atoms. The van der Waals surface area contributed by atoms with Crippen molar-refractivity contribution in [2.45, 2.75) is 6.54 Å². The van der Waals surface area contributed by atoms with Gasteiger partial charge in [0.15, 0.2) is 0 Å². The van der Waals surface area contributed by atoms with Crippen molar-refractivity contribution in [3.63, 3.8) is 0 Å². The van der Waals surface area contributed by atoms with E-state index < -0.39 is 0 Å². The Morgan fingerprint density at radius 2 is 1.87 bits per heavy atom. The van der Waals surface area contributed by atoms with Crippen LogP contribution in [0.4, 0.5) is 11.6 Å². The van der Waals surface area contributed by atoms with Gasteiger partial charge in [-0.3, -0.25) is 4.79 Å². The highest BCUT2D eigenvalue weighted by molar-refractivity contribution is 7.07. The highest BCUT2D eigenvalue weighted by Gasteiger charge is 2.21. The predicted molar refractivity (Wildman–Crippen MR) is 116 cm³/mol. The lowest BCUT2D eigenvalue weighted by atomic mass is 10.1. The molecule has 0 saturated carbocycles. The van der Waals surface area contributed by atoms with Crippen LogP contribution in [0.2, 0.25) is 0 Å². The van der Waals surface area contributed by atoms with E-state index in [-0.39, 0.29) is 28.9 Å². The van der Waals surface area contributed by atoms with Gasteiger partial charge in [-0.15, -0.1) is 0 Å². The molecule has 4 N–H and O–H groups in total. The summed E-state index contributed by atoms with van der Waals surface area (Å²) in [5.41, 5.74) is 8.92. The number of benzene rings is 2. The Balaban J connectivity index is 1.69. The number of nitrogens with zero attached hydrogens (tertiary/aromatic N) is 3. The Morgan fingerprint density at radius 1 is 1.07 bits per heavy atom. The third kappa shape index (κ3) is 4.08. The Morgan fingerprint density at radius 3 is 2.53 bits per heavy atom. The SMILES string of the molecule is Nc1nccc(-c2ccc(N(Cc3ccsc3)C(=O)c3ccc(O)cc3O)cc2)n1. The fraction of sp³-hybridized carbons (Fsp3) is 0.0455. The first-order chi connectivity index (χ1) is 14.5. The number of thiophene rings is 1. The quantitative estimate of drug-likeness (QED) is 0.451. The number of nitrogen functional groups attached to an aromatic ring is 1. The van der Waals surface area contributed by atoms with Crippen molar-refractivity contribution in [3.8, 4) is 22.8 Å². The van der Waals surface area contributed by atoms with E-state index >= 15 is 0 Å². The summed E-state index contributed by atoms with van der Waals surface area (Å²) < 4.78 is 0. The van der Waals surface area contributed by atoms with Gasteiger partial charge in [-0.25, -0.2) is 9.97 Å². The van der Waals surface area contributed by atoms with Crippen LogP contribution in [-0.2, 0) is 6.54 Å². The third-order valence-electron chi connectivity index (χ3n) is 4.53. The third-order valence-corrected chi connectivity index (χ3v) is 5.26. The van der Waals surface area contributed by atoms with E-state index in [1.165, 1.54) is 12.1 Å². The molecule has 4 rings (SSSR count). The molecule has 30 heavy (non-hydrogen) atoms. The number of carbonyl (C=O) groups excluding carboxylic acids is 1. The van der Waals surface area contributed by atoms with Gasteiger partial charge in [0.25, 0.3) is 5.91 Å². The monoisotopic (exact) mass is 418 g/mol. The van der Waals surface area contributed by atoms with Crippen molar-refractivity contribution in [2.24, 2.45) is 0 Å². The number of hydrogen-bond donors (Lipinski definition) is 3. The fourth-order valence-corrected chi connectivity index (χ4v) is 3.70. The number of carbonyl (C=O) groups is 1. The molecule has 7 nitrogen and oxygen atoms in total. The molecule has 0 aliphatic rings. The molecule has 0 spiro atoms. The second-order valence-corrected chi connectivity index (χ2v) is 7.35. The van der Waals surface area contributed by atoms with Crippen LogP contribution >= 0.6 is 11.3 Å². The van der Waals surface area contributed by atoms with Crippen LogP contribution in [0, 0.1) is 0 Å². The van der Waals surface area contributed by atoms with Crippen molar-refractivity contribution in [3.05, 3.63) is 82.7 Å². The van der Waals surface area contributed by atoms with Gasteiger partial charge in [0.2, 0.25) is 5.95 Å². The van der Waals surface area contributed by atoms with Crippen LogP contribution in [0.1, 0.15) is 15.9 Å². The minimum Gasteiger partial charge on any atom is -0.508 e. The zero-order chi connectivity index (χ0) is 21.1. The molecule has 0 aliphatic carbocycles. The van der Waals surface area contributed by atoms with Gasteiger partial charge >= 0.3 is 0 Å². The number of amides is 1. The maximum Gasteiger partial charge on any atom is 0.262 e. The number of rotatable bonds is 5. The second kappa shape index (κ2) is 8.22. The summed E-state index contributed by atoms with van der Waals surface area (Å²) in [7, 11) is 0. The molecule has 2 aromatic carbocycles. The van der Waals surface area contributed by atoms with E-state index in [1.54, 1.807) is 28.5 Å². The lowest BCUT2D eigenvalue weighted by Crippen LogP contribution is -2.30. The van der Waals surface area contributed by atoms with Crippen molar-refractivity contribution in [1.82, 2.24) is 9.97 Å². The summed E-state index contributed by atoms with van der Waals surface area (Å²) in [5, 5.41) is 23.6. The van der Waals surface area contributed by atoms with Crippen molar-refractivity contribution >= 4 is 28.9 Å². The second-order valence-electron chi connectivity index (χ2n) is 6.57. The predicted octanol–water partition coefficient (Wildman–Crippen LogP) is 4.05. The van der Waals surface area contributed by atoms with E-state index in [0.29, 0.717) is 17.9 Å². The Hall–Kier alpha value is -3.91. The number of anilines is 2. The molecule has 8 heteroatoms. The molecule has 2 aromatic heterocycles. The van der Waals surface area contributed by atoms with Crippen molar-refractivity contribution in [2.75, 3.05) is 10.6 Å². The number of phenols is 2. The molecule has 0 saturated heterocycles. The summed E-state index contributed by atoms with van der Waals surface area (Å²) in [5.74, 6) is -0.573. The smallest absolute Gasteiger partial charge is 0.262 e. The zero-order valence-corrected chi connectivity index (χ0v) is 16.6. The standard InChI is InChI=1S/C22H18N4O3S/c23-22-24-9-7-19(25-22)15-1-3-16(4-2-15)26(12-14-8-10-30-13-14)21(29)18-6-5-17(27)11-20(18)28/h1-11,13,27-28H,12H2,(H2,23,24,25). The number of nitrogens with two attached hydrogens (primary N) is 1. The van der Waals surface area contributed by atoms with Crippen molar-refractivity contribution < 1.29 is 15.0 Å². The summed E-state index contributed by atoms with van der Waals surface area (Å²) in [6.07, 6.45) is 1.59. The number of hydrogen-bond acceptors (Lipinski definition) is 7. The normalized spacial score (nSPS) is 10.7. The van der Waals surface area contributed by atoms with E-state index in [2.05, 4.69) is 9.97 Å². The minimum absolute atomic E-state index is 0.107. The number of aromatic hydroxyl groups is 2. The van der Waals surface area contributed by atoms with E-state index in [1.807, 2.05) is 41.1 Å². The lowest BCUT2D eigenvalue weighted by molar-refractivity contribution is 0.0982. The molecule has 4 aromatic rings. The first-order valence-electron chi connectivity index (χ1n) is 9.05. The van der Waals surface area contributed by atoms with Crippen LogP contribution in [0.3, 0.4) is 0 Å². The molecular weight excluding hydrogens is 400 g/mol. The average Bonchev–Trinajstić information content (AvgIpc) is 3.25. The van der Waals surface area contributed by atoms with Gasteiger partial charge in [-0.2, -0.15) is 11.3 Å². The van der Waals surface area contributed by atoms with Gasteiger partial charge in [-0.05, 0) is 52.7 Å². The highest BCUT2D eigenvalue weighted by Crippen LogP contribution is 2.29. The highest BCUT2D eigenvalue weighted by atomic mass is 32.1. The van der Waals surface area contributed by atoms with Gasteiger partial charge in [-0.1, -0.05) is 12.1 Å². The van der Waals surface area contributed by atoms with Crippen LogP contribution in [0.25, 0.3) is 11.3 Å². The Bertz CT molecular complexity index is 1180. The molecule has 0 fully saturated rings. The Kier molecular flexibility index (Phi) is 5.32. The lowest BCUT2D eigenvalue weighted by Gasteiger charge is -2.23. The number of aromatic nitrogens is 2. The van der Waals surface area contributed by atoms with Crippen molar-refractivity contribution in [1.29, 1.82) is 0 Å². The summed E-state index contributed by atoms with van der Waals surface area (Å²) >= 11 is 1.54. The minimum atomic E-state index is -0.377. The topological polar surface area (TPSA) is 113 Å². The van der Waals surface area contributed by atoms with Crippen LogP contribution in [0.15, 0.2) is 71.6 Å². The van der Waals surface area contributed by atoms with Crippen LogP contribution < -0.4 is 10.6 Å². The first-order valence-corrected chi connectivity index (χ1v) is 9.99. The van der Waals surface area contributed by atoms with Crippen LogP contribution in [-0.4, -0.2) is 26.1 Å². The van der Waals surface area contributed by atoms with Gasteiger partial charge in [0.1, 0.15) is 11.5 Å². The molecule has 2 heterocycles. The van der Waals surface area contributed by atoms with Gasteiger partial charge in [0, 0.05) is 23.5 Å². The van der Waals surface area contributed by atoms with Crippen LogP contribution in [0.5, 0.6) is 11.5 Å². The fourth-order valence-electron chi connectivity index (χ4n) is 3.04. The average molecular weight is 418 g/mol. The van der Waals surface area contributed by atoms with E-state index in [9.17, 15) is 15.0 Å². The summed E-state index contributed by atoms with van der Waals surface area (Å²) in [6.45, 7) is 0.336. The maximum atomic E-state index is 13.3.